The molecular weight excluding hydrogens is 1070 g/mol. The lowest BCUT2D eigenvalue weighted by Gasteiger charge is -2.30. The van der Waals surface area contributed by atoms with Gasteiger partial charge >= 0.3 is 5.97 Å². The molecule has 4 aromatic carbocycles. The largest absolute Gasteiger partial charge is 0.481 e. The first-order valence-corrected chi connectivity index (χ1v) is 30.5. The average Bonchev–Trinajstić information content (AvgIpc) is 3.67. The lowest BCUT2D eigenvalue weighted by Crippen LogP contribution is -2.33. The zero-order valence-electron chi connectivity index (χ0n) is 40.8. The van der Waals surface area contributed by atoms with Gasteiger partial charge in [-0.25, -0.2) is 0 Å². The van der Waals surface area contributed by atoms with Gasteiger partial charge in [-0.3, -0.25) is 27.6 Å². The van der Waals surface area contributed by atoms with Crippen LogP contribution in [0.1, 0.15) is 76.8 Å². The first-order chi connectivity index (χ1) is 34.4. The molecule has 0 saturated heterocycles. The third-order valence-electron chi connectivity index (χ3n) is 13.4. The zero-order chi connectivity index (χ0) is 54.8. The molecule has 2 atom stereocenters. The van der Waals surface area contributed by atoms with E-state index in [4.69, 9.17) is 14.2 Å². The molecule has 0 radical (unpaired) electrons. The van der Waals surface area contributed by atoms with Crippen molar-refractivity contribution in [1.29, 1.82) is 0 Å². The van der Waals surface area contributed by atoms with Crippen molar-refractivity contribution in [1.82, 2.24) is 0 Å². The highest BCUT2D eigenvalue weighted by molar-refractivity contribution is 7.87. The van der Waals surface area contributed by atoms with Crippen molar-refractivity contribution < 1.29 is 93.5 Å². The van der Waals surface area contributed by atoms with Gasteiger partial charge in [0.25, 0.3) is 50.6 Å². The molecule has 0 saturated carbocycles. The summed E-state index contributed by atoms with van der Waals surface area (Å²) in [6, 6.07) is 9.33. The number of ether oxygens (including phenoxy) is 3. The topological polar surface area (TPSA) is 343 Å². The average molecular weight is 1130 g/mol. The summed E-state index contributed by atoms with van der Waals surface area (Å²) in [6.45, 7) is 6.79. The summed E-state index contributed by atoms with van der Waals surface area (Å²) >= 11 is 0. The number of likely N-dealkylation sites (N-methyl/N-ethyl adjacent to an activating group) is 1. The Hall–Kier alpha value is -4.75. The highest BCUT2D eigenvalue weighted by Gasteiger charge is 2.50. The molecule has 0 fully saturated rings. The van der Waals surface area contributed by atoms with E-state index >= 15 is 0 Å². The first kappa shape index (κ1) is 58.5. The second kappa shape index (κ2) is 22.5. The standard InChI is InChI=1S/C47H58N2O20S5/c1-5-48-37-16-14-33-35(27-31(71(55,56)57)29-39(33)73(61,62)63)44(37)46(2,18-10-26-70(52,53)54)41(48)11-9-12-42-47(3,19-21-68-24-25-69-23-22-67-4)45-36-28-32(72(58,59)60)30-40(74(64,65)66)34(36)15-17-38(45)49(42)20-8-6-7-13-43(50)51/h9,11-12,14-17,27-30H,5-8,10,13,18-26H2,1-4H3,(H5-,50,51,52,53,54,55,56,57,58,59,60,61,62,63,64,65,66)/p+1. The van der Waals surface area contributed by atoms with E-state index in [0.717, 1.165) is 12.1 Å². The molecule has 0 aliphatic carbocycles. The van der Waals surface area contributed by atoms with Gasteiger partial charge in [-0.15, -0.1) is 0 Å². The van der Waals surface area contributed by atoms with Crippen molar-refractivity contribution in [2.75, 3.05) is 63.9 Å². The molecule has 22 nitrogen and oxygen atoms in total. The van der Waals surface area contributed by atoms with Crippen LogP contribution >= 0.6 is 0 Å². The molecule has 406 valence electrons. The molecule has 0 aromatic heterocycles. The van der Waals surface area contributed by atoms with E-state index in [0.29, 0.717) is 78.5 Å². The number of nitrogens with zero attached hydrogens (tertiary/aromatic N) is 2. The van der Waals surface area contributed by atoms with Gasteiger partial charge in [0.15, 0.2) is 5.71 Å². The maximum absolute atomic E-state index is 12.9. The molecule has 2 heterocycles. The van der Waals surface area contributed by atoms with Crippen LogP contribution in [0, 0.1) is 0 Å². The van der Waals surface area contributed by atoms with Crippen molar-refractivity contribution in [2.24, 2.45) is 0 Å². The maximum Gasteiger partial charge on any atom is 0.303 e. The van der Waals surface area contributed by atoms with Crippen LogP contribution in [0.2, 0.25) is 0 Å². The Bertz CT molecular complexity index is 3540. The third-order valence-corrected chi connectivity index (χ3v) is 17.6. The molecule has 0 spiro atoms. The molecule has 0 amide bonds. The minimum absolute atomic E-state index is 0.0165. The second-order valence-electron chi connectivity index (χ2n) is 18.3. The normalized spacial score (nSPS) is 19.1. The summed E-state index contributed by atoms with van der Waals surface area (Å²) < 4.78 is 196. The summed E-state index contributed by atoms with van der Waals surface area (Å²) in [5.74, 6) is -1.69. The van der Waals surface area contributed by atoms with Crippen molar-refractivity contribution in [3.05, 3.63) is 83.6 Å². The van der Waals surface area contributed by atoms with Crippen molar-refractivity contribution >= 4 is 95.2 Å². The predicted molar refractivity (Wildman–Crippen MR) is 272 cm³/mol. The smallest absolute Gasteiger partial charge is 0.303 e. The van der Waals surface area contributed by atoms with Crippen molar-refractivity contribution in [2.45, 2.75) is 96.1 Å². The Morgan fingerprint density at radius 1 is 0.649 bits per heavy atom. The van der Waals surface area contributed by atoms with Gasteiger partial charge in [0.05, 0.1) is 47.4 Å². The third kappa shape index (κ3) is 12.7. The number of carboxylic acids is 1. The molecule has 74 heavy (non-hydrogen) atoms. The Balaban J connectivity index is 1.62. The van der Waals surface area contributed by atoms with Crippen LogP contribution in [0.4, 0.5) is 11.4 Å². The molecule has 27 heteroatoms. The number of carboxylic acid groups (broad SMARTS) is 1. The summed E-state index contributed by atoms with van der Waals surface area (Å²) in [5, 5.41) is 9.19. The minimum atomic E-state index is -5.13. The Kier molecular flexibility index (Phi) is 17.8. The molecule has 2 unspecified atom stereocenters. The van der Waals surface area contributed by atoms with E-state index in [-0.39, 0.29) is 80.1 Å². The maximum atomic E-state index is 12.9. The van der Waals surface area contributed by atoms with Crippen LogP contribution in [0.25, 0.3) is 21.5 Å². The van der Waals surface area contributed by atoms with Crippen LogP contribution in [-0.2, 0) is 80.4 Å². The number of carbonyl (C=O) groups is 1. The number of aliphatic carboxylic acids is 1. The summed E-state index contributed by atoms with van der Waals surface area (Å²) in [4.78, 5) is 9.96. The van der Waals surface area contributed by atoms with Gasteiger partial charge in [-0.2, -0.15) is 46.7 Å². The van der Waals surface area contributed by atoms with E-state index < -0.39 is 92.7 Å². The van der Waals surface area contributed by atoms with Crippen LogP contribution in [0.3, 0.4) is 0 Å². The van der Waals surface area contributed by atoms with Gasteiger partial charge in [0.2, 0.25) is 5.69 Å². The molecule has 2 aliphatic heterocycles. The number of fused-ring (bicyclic) bond motifs is 6. The Morgan fingerprint density at radius 3 is 1.73 bits per heavy atom. The van der Waals surface area contributed by atoms with E-state index in [9.17, 15) is 74.8 Å². The fourth-order valence-electron chi connectivity index (χ4n) is 10.1. The minimum Gasteiger partial charge on any atom is -0.481 e. The Morgan fingerprint density at radius 2 is 1.20 bits per heavy atom. The van der Waals surface area contributed by atoms with E-state index in [2.05, 4.69) is 0 Å². The molecule has 4 aromatic rings. The fourth-order valence-corrected chi connectivity index (χ4v) is 13.3. The molecule has 2 aliphatic rings. The molecule has 6 rings (SSSR count). The fraction of sp³-hybridized carbons (Fsp3) is 0.447. The monoisotopic (exact) mass is 1130 g/mol. The van der Waals surface area contributed by atoms with Gasteiger partial charge in [-0.1, -0.05) is 12.1 Å². The van der Waals surface area contributed by atoms with E-state index in [1.807, 2.05) is 16.4 Å². The van der Waals surface area contributed by atoms with E-state index in [1.165, 1.54) is 19.2 Å². The number of benzene rings is 4. The van der Waals surface area contributed by atoms with Gasteiger partial charge in [0.1, 0.15) is 16.3 Å². The predicted octanol–water partition coefficient (Wildman–Crippen LogP) is 5.96. The van der Waals surface area contributed by atoms with Crippen LogP contribution in [0.5, 0.6) is 0 Å². The number of rotatable bonds is 26. The number of allylic oxidation sites excluding steroid dienone is 4. The highest BCUT2D eigenvalue weighted by atomic mass is 32.2. The lowest BCUT2D eigenvalue weighted by atomic mass is 9.74. The van der Waals surface area contributed by atoms with Crippen molar-refractivity contribution in [3.63, 3.8) is 0 Å². The highest BCUT2D eigenvalue weighted by Crippen LogP contribution is 2.54. The number of hydrogen-bond donors (Lipinski definition) is 6. The SMILES string of the molecule is CCN1/C(=C/C=C/C2=[N+](CCCCCC(=O)O)c3ccc4c(S(=O)(=O)O)cc(S(=O)(=O)O)cc4c3C2(C)CCOCCOCCOC)C(C)(CCCS(=O)(=O)O)c2c1ccc1c(S(=O)(=O)O)cc(S(=O)(=O)O)cc21. The summed E-state index contributed by atoms with van der Waals surface area (Å²) in [7, 11) is -23.4. The first-order valence-electron chi connectivity index (χ1n) is 23.1. The number of hydrogen-bond acceptors (Lipinski definition) is 15. The number of anilines is 1. The van der Waals surface area contributed by atoms with E-state index in [1.54, 1.807) is 44.2 Å². The van der Waals surface area contributed by atoms with Crippen molar-refractivity contribution in [3.8, 4) is 0 Å². The lowest BCUT2D eigenvalue weighted by molar-refractivity contribution is -0.438. The molecular formula is C47H59N2O20S5+. The quantitative estimate of drug-likeness (QED) is 0.0240. The van der Waals surface area contributed by atoms with Gasteiger partial charge in [0, 0.05) is 78.4 Å². The zero-order valence-corrected chi connectivity index (χ0v) is 44.9. The summed E-state index contributed by atoms with van der Waals surface area (Å²) in [6.07, 6.45) is 6.10. The van der Waals surface area contributed by atoms with Crippen LogP contribution < -0.4 is 4.90 Å². The van der Waals surface area contributed by atoms with Crippen LogP contribution in [0.15, 0.2) is 92.0 Å². The summed E-state index contributed by atoms with van der Waals surface area (Å²) in [5.41, 5.74) is 0.0222. The number of unbranched alkanes of at least 4 members (excludes halogenated alkanes) is 2. The molecule has 6 N–H and O–H groups in total. The van der Waals surface area contributed by atoms with Gasteiger partial charge < -0.3 is 24.2 Å². The second-order valence-corrected chi connectivity index (χ2v) is 25.5. The number of methoxy groups -OCH3 is 1. The van der Waals surface area contributed by atoms with Gasteiger partial charge in [-0.05, 0) is 112 Å². The molecule has 0 bridgehead atoms. The van der Waals surface area contributed by atoms with Crippen LogP contribution in [-0.4, -0.2) is 145 Å². The Labute approximate surface area is 430 Å².